The van der Waals surface area contributed by atoms with Crippen LogP contribution in [0.3, 0.4) is 0 Å². The van der Waals surface area contributed by atoms with Crippen LogP contribution in [0.2, 0.25) is 0 Å². The third-order valence-corrected chi connectivity index (χ3v) is 4.03. The van der Waals surface area contributed by atoms with Gasteiger partial charge in [-0.1, -0.05) is 42.5 Å². The molecule has 2 N–H and O–H groups in total. The van der Waals surface area contributed by atoms with Crippen LogP contribution in [0, 0.1) is 0 Å². The molecule has 2 aromatic rings. The van der Waals surface area contributed by atoms with E-state index < -0.39 is 24.0 Å². The molecule has 0 aliphatic carbocycles. The first kappa shape index (κ1) is 16.4. The number of fused-ring (bicyclic) bond motifs is 1. The topological polar surface area (TPSA) is 84.9 Å². The summed E-state index contributed by atoms with van der Waals surface area (Å²) in [6, 6.07) is 12.5. The number of amides is 1. The van der Waals surface area contributed by atoms with Crippen molar-refractivity contribution in [3.8, 4) is 0 Å². The molecule has 6 heteroatoms. The van der Waals surface area contributed by atoms with E-state index in [-0.39, 0.29) is 13.0 Å². The normalized spacial score (nSPS) is 18.9. The second-order valence-corrected chi connectivity index (χ2v) is 5.68. The Hall–Kier alpha value is -2.44. The zero-order valence-electron chi connectivity index (χ0n) is 13.1. The lowest BCUT2D eigenvalue weighted by atomic mass is 9.98. The molecule has 2 atom stereocenters. The molecule has 0 saturated carbocycles. The summed E-state index contributed by atoms with van der Waals surface area (Å²) in [5, 5.41) is 14.0. The molecule has 0 radical (unpaired) electrons. The lowest BCUT2D eigenvalue weighted by Gasteiger charge is -2.24. The van der Waals surface area contributed by atoms with Gasteiger partial charge in [0.15, 0.2) is 6.10 Å². The maximum absolute atomic E-state index is 12.2. The molecular weight excluding hydrogens is 310 g/mol. The van der Waals surface area contributed by atoms with Crippen molar-refractivity contribution in [1.82, 2.24) is 5.32 Å². The van der Waals surface area contributed by atoms with E-state index in [0.29, 0.717) is 13.2 Å². The monoisotopic (exact) mass is 329 g/mol. The lowest BCUT2D eigenvalue weighted by molar-refractivity contribution is -0.152. The first-order chi connectivity index (χ1) is 11.6. The minimum atomic E-state index is -1.08. The van der Waals surface area contributed by atoms with Gasteiger partial charge in [0.25, 0.3) is 5.91 Å². The van der Waals surface area contributed by atoms with E-state index in [1.807, 2.05) is 42.5 Å². The number of rotatable bonds is 5. The summed E-state index contributed by atoms with van der Waals surface area (Å²) in [5.41, 5.74) is 0.876. The van der Waals surface area contributed by atoms with E-state index in [1.54, 1.807) is 0 Å². The first-order valence-corrected chi connectivity index (χ1v) is 7.84. The quantitative estimate of drug-likeness (QED) is 0.865. The van der Waals surface area contributed by atoms with E-state index in [0.717, 1.165) is 16.3 Å². The van der Waals surface area contributed by atoms with E-state index in [4.69, 9.17) is 9.47 Å². The Morgan fingerprint density at radius 1 is 1.17 bits per heavy atom. The summed E-state index contributed by atoms with van der Waals surface area (Å²) in [7, 11) is 0. The van der Waals surface area contributed by atoms with Crippen LogP contribution in [0.15, 0.2) is 42.5 Å². The summed E-state index contributed by atoms with van der Waals surface area (Å²) in [6.45, 7) is 0.924. The van der Waals surface area contributed by atoms with Gasteiger partial charge in [-0.25, -0.2) is 4.79 Å². The van der Waals surface area contributed by atoms with Gasteiger partial charge in [0, 0.05) is 6.42 Å². The Labute approximate surface area is 139 Å². The first-order valence-electron chi connectivity index (χ1n) is 7.84. The highest BCUT2D eigenvalue weighted by Crippen LogP contribution is 2.20. The van der Waals surface area contributed by atoms with Crippen molar-refractivity contribution in [3.05, 3.63) is 48.0 Å². The van der Waals surface area contributed by atoms with Crippen molar-refractivity contribution in [2.24, 2.45) is 0 Å². The molecule has 1 aliphatic heterocycles. The molecule has 6 nitrogen and oxygen atoms in total. The number of carbonyl (C=O) groups is 2. The Bertz CT molecular complexity index is 734. The summed E-state index contributed by atoms with van der Waals surface area (Å²) in [5.74, 6) is -1.53. The zero-order valence-corrected chi connectivity index (χ0v) is 13.1. The standard InChI is InChI=1S/C18H19NO5/c20-17(16-11-23-8-9-24-16)19-15(18(21)22)10-13-6-3-5-12-4-1-2-7-14(12)13/h1-7,15-16H,8-11H2,(H,19,20)(H,21,22)/t15-,16-/m1/s1. The Balaban J connectivity index is 1.76. The van der Waals surface area contributed by atoms with Gasteiger partial charge in [0.05, 0.1) is 19.8 Å². The van der Waals surface area contributed by atoms with Gasteiger partial charge in [-0.3, -0.25) is 4.79 Å². The van der Waals surface area contributed by atoms with Crippen molar-refractivity contribution in [1.29, 1.82) is 0 Å². The smallest absolute Gasteiger partial charge is 0.326 e. The molecule has 0 aromatic heterocycles. The van der Waals surface area contributed by atoms with Gasteiger partial charge in [0.1, 0.15) is 6.04 Å². The summed E-state index contributed by atoms with van der Waals surface area (Å²) >= 11 is 0. The van der Waals surface area contributed by atoms with Gasteiger partial charge < -0.3 is 19.9 Å². The molecule has 24 heavy (non-hydrogen) atoms. The zero-order chi connectivity index (χ0) is 16.9. The largest absolute Gasteiger partial charge is 0.480 e. The molecule has 0 unspecified atom stereocenters. The maximum Gasteiger partial charge on any atom is 0.326 e. The molecule has 2 aromatic carbocycles. The van der Waals surface area contributed by atoms with Crippen molar-refractivity contribution in [2.45, 2.75) is 18.6 Å². The molecule has 0 bridgehead atoms. The highest BCUT2D eigenvalue weighted by molar-refractivity contribution is 5.89. The maximum atomic E-state index is 12.2. The third-order valence-electron chi connectivity index (χ3n) is 4.03. The number of hydrogen-bond acceptors (Lipinski definition) is 4. The molecule has 0 spiro atoms. The fraction of sp³-hybridized carbons (Fsp3) is 0.333. The number of carbonyl (C=O) groups excluding carboxylic acids is 1. The Kier molecular flexibility index (Phi) is 5.08. The predicted molar refractivity (Wildman–Crippen MR) is 87.8 cm³/mol. The second-order valence-electron chi connectivity index (χ2n) is 5.68. The Morgan fingerprint density at radius 2 is 1.96 bits per heavy atom. The highest BCUT2D eigenvalue weighted by atomic mass is 16.6. The predicted octanol–water partition coefficient (Wildman–Crippen LogP) is 1.37. The van der Waals surface area contributed by atoms with Gasteiger partial charge in [-0.05, 0) is 16.3 Å². The number of hydrogen-bond donors (Lipinski definition) is 2. The molecular formula is C18H19NO5. The van der Waals surface area contributed by atoms with E-state index in [9.17, 15) is 14.7 Å². The molecule has 3 rings (SSSR count). The van der Waals surface area contributed by atoms with Crippen molar-refractivity contribution in [2.75, 3.05) is 19.8 Å². The van der Waals surface area contributed by atoms with Crippen LogP contribution < -0.4 is 5.32 Å². The fourth-order valence-electron chi connectivity index (χ4n) is 2.79. The second kappa shape index (κ2) is 7.42. The van der Waals surface area contributed by atoms with Gasteiger partial charge in [-0.15, -0.1) is 0 Å². The number of ether oxygens (including phenoxy) is 2. The van der Waals surface area contributed by atoms with E-state index in [1.165, 1.54) is 0 Å². The Morgan fingerprint density at radius 3 is 2.71 bits per heavy atom. The van der Waals surface area contributed by atoms with Crippen molar-refractivity contribution in [3.63, 3.8) is 0 Å². The number of nitrogens with one attached hydrogen (secondary N) is 1. The van der Waals surface area contributed by atoms with Crippen LogP contribution in [0.4, 0.5) is 0 Å². The van der Waals surface area contributed by atoms with Gasteiger partial charge in [-0.2, -0.15) is 0 Å². The lowest BCUT2D eigenvalue weighted by Crippen LogP contribution is -2.50. The average Bonchev–Trinajstić information content (AvgIpc) is 2.62. The average molecular weight is 329 g/mol. The van der Waals surface area contributed by atoms with Gasteiger partial charge >= 0.3 is 5.97 Å². The highest BCUT2D eigenvalue weighted by Gasteiger charge is 2.28. The minimum Gasteiger partial charge on any atom is -0.480 e. The number of benzene rings is 2. The SMILES string of the molecule is O=C(O)[C@@H](Cc1cccc2ccccc12)NC(=O)[C@H]1COCCO1. The molecule has 1 fully saturated rings. The number of carboxylic acids is 1. The van der Waals surface area contributed by atoms with Crippen LogP contribution >= 0.6 is 0 Å². The summed E-state index contributed by atoms with van der Waals surface area (Å²) < 4.78 is 10.5. The van der Waals surface area contributed by atoms with Crippen LogP contribution in [-0.4, -0.2) is 48.9 Å². The third kappa shape index (κ3) is 3.72. The van der Waals surface area contributed by atoms with Crippen LogP contribution in [0.25, 0.3) is 10.8 Å². The number of aliphatic carboxylic acids is 1. The van der Waals surface area contributed by atoms with Crippen molar-refractivity contribution < 1.29 is 24.2 Å². The fourth-order valence-corrected chi connectivity index (χ4v) is 2.79. The summed E-state index contributed by atoms with van der Waals surface area (Å²) in [4.78, 5) is 23.8. The van der Waals surface area contributed by atoms with Gasteiger partial charge in [0.2, 0.25) is 0 Å². The molecule has 1 saturated heterocycles. The van der Waals surface area contributed by atoms with E-state index >= 15 is 0 Å². The minimum absolute atomic E-state index is 0.145. The molecule has 1 amide bonds. The van der Waals surface area contributed by atoms with Crippen LogP contribution in [-0.2, 0) is 25.5 Å². The molecule has 1 heterocycles. The van der Waals surface area contributed by atoms with E-state index in [2.05, 4.69) is 5.32 Å². The van der Waals surface area contributed by atoms with Crippen LogP contribution in [0.1, 0.15) is 5.56 Å². The number of carboxylic acid groups (broad SMARTS) is 1. The van der Waals surface area contributed by atoms with Crippen LogP contribution in [0.5, 0.6) is 0 Å². The van der Waals surface area contributed by atoms with Crippen molar-refractivity contribution >= 4 is 22.6 Å². The molecule has 126 valence electrons. The molecule has 1 aliphatic rings. The summed E-state index contributed by atoms with van der Waals surface area (Å²) in [6.07, 6.45) is -0.552.